The van der Waals surface area contributed by atoms with Crippen molar-refractivity contribution < 1.29 is 32.1 Å². The number of nitrogens with zero attached hydrogens (tertiary/aromatic N) is 1. The first-order chi connectivity index (χ1) is 10.3. The van der Waals surface area contributed by atoms with Gasteiger partial charge >= 0.3 is 16.1 Å². The number of aliphatic carboxylic acids is 1. The highest BCUT2D eigenvalue weighted by Crippen LogP contribution is 2.11. The molecule has 9 nitrogen and oxygen atoms in total. The zero-order valence-corrected chi connectivity index (χ0v) is 12.4. The average Bonchev–Trinajstić information content (AvgIpc) is 2.86. The average molecular weight is 332 g/mol. The predicted octanol–water partition coefficient (Wildman–Crippen LogP) is 1.01. The van der Waals surface area contributed by atoms with Gasteiger partial charge < -0.3 is 9.52 Å². The lowest BCUT2D eigenvalue weighted by atomic mass is 10.1. The van der Waals surface area contributed by atoms with Crippen LogP contribution >= 0.6 is 0 Å². The fraction of sp³-hybridized carbons (Fsp3) is 0.417. The number of carboxylic acids is 1. The van der Waals surface area contributed by atoms with Gasteiger partial charge in [-0.05, 0) is 25.0 Å². The normalized spacial score (nSPS) is 11.7. The van der Waals surface area contributed by atoms with E-state index >= 15 is 0 Å². The number of rotatable bonds is 9. The van der Waals surface area contributed by atoms with Crippen molar-refractivity contribution in [1.82, 2.24) is 5.43 Å². The van der Waals surface area contributed by atoms with Crippen molar-refractivity contribution in [1.29, 1.82) is 0 Å². The Morgan fingerprint density at radius 3 is 2.50 bits per heavy atom. The Morgan fingerprint density at radius 2 is 1.91 bits per heavy atom. The molecule has 0 aliphatic heterocycles. The molecule has 3 N–H and O–H groups in total. The lowest BCUT2D eigenvalue weighted by Gasteiger charge is -1.99. The molecule has 0 aliphatic rings. The smallest absolute Gasteiger partial charge is 0.328 e. The van der Waals surface area contributed by atoms with Gasteiger partial charge in [-0.15, -0.1) is 0 Å². The number of unbranched alkanes of at least 4 members (excludes halogenated alkanes) is 2. The Kier molecular flexibility index (Phi) is 6.73. The highest BCUT2D eigenvalue weighted by atomic mass is 32.2. The van der Waals surface area contributed by atoms with Crippen molar-refractivity contribution in [3.05, 3.63) is 17.9 Å². The summed E-state index contributed by atoms with van der Waals surface area (Å²) in [6, 6.07) is 2.33. The summed E-state index contributed by atoms with van der Waals surface area (Å²) >= 11 is 0. The number of amides is 1. The first-order valence-electron chi connectivity index (χ1n) is 6.40. The highest BCUT2D eigenvalue weighted by molar-refractivity contribution is 7.85. The third kappa shape index (κ3) is 6.99. The molecule has 0 unspecified atom stereocenters. The number of furan rings is 1. The summed E-state index contributed by atoms with van der Waals surface area (Å²) in [4.78, 5) is 21.7. The minimum Gasteiger partial charge on any atom is -0.481 e. The Balaban J connectivity index is 2.29. The summed E-state index contributed by atoms with van der Waals surface area (Å²) in [7, 11) is -4.40. The maximum Gasteiger partial charge on any atom is 0.328 e. The standard InChI is InChI=1S/C12H16N2O7S/c15-10(4-2-1-3-5-11(16)17)14-13-8-9-6-7-12(21-9)22(18,19)20/h6-8H,1-5H2,(H,14,15)(H,16,17)(H,18,19,20)/b13-8+. The third-order valence-corrected chi connectivity index (χ3v) is 3.26. The molecule has 0 fully saturated rings. The van der Waals surface area contributed by atoms with Gasteiger partial charge in [-0.1, -0.05) is 6.42 Å². The number of hydrazone groups is 1. The van der Waals surface area contributed by atoms with Crippen LogP contribution in [0.2, 0.25) is 0 Å². The predicted molar refractivity (Wildman–Crippen MR) is 75.0 cm³/mol. The molecule has 0 aromatic carbocycles. The van der Waals surface area contributed by atoms with Gasteiger partial charge in [0.25, 0.3) is 0 Å². The number of nitrogens with one attached hydrogen (secondary N) is 1. The van der Waals surface area contributed by atoms with Crippen molar-refractivity contribution in [3.63, 3.8) is 0 Å². The summed E-state index contributed by atoms with van der Waals surface area (Å²) in [5, 5.41) is 11.4. The van der Waals surface area contributed by atoms with Crippen LogP contribution in [0.5, 0.6) is 0 Å². The van der Waals surface area contributed by atoms with Crippen LogP contribution in [0.15, 0.2) is 26.7 Å². The highest BCUT2D eigenvalue weighted by Gasteiger charge is 2.13. The molecular formula is C12H16N2O7S. The van der Waals surface area contributed by atoms with Gasteiger partial charge in [0.15, 0.2) is 0 Å². The Labute approximate surface area is 126 Å². The van der Waals surface area contributed by atoms with Crippen LogP contribution in [0, 0.1) is 0 Å². The molecule has 0 atom stereocenters. The quantitative estimate of drug-likeness (QED) is 0.265. The van der Waals surface area contributed by atoms with E-state index < -0.39 is 21.2 Å². The molecule has 0 bridgehead atoms. The van der Waals surface area contributed by atoms with Crippen molar-refractivity contribution >= 4 is 28.2 Å². The van der Waals surface area contributed by atoms with Crippen LogP contribution in [0.25, 0.3) is 0 Å². The maximum absolute atomic E-state index is 11.4. The number of carbonyl (C=O) groups is 2. The second kappa shape index (κ2) is 8.29. The Morgan fingerprint density at radius 1 is 1.23 bits per heavy atom. The molecule has 0 spiro atoms. The number of hydrogen-bond donors (Lipinski definition) is 3. The van der Waals surface area contributed by atoms with E-state index in [4.69, 9.17) is 14.1 Å². The van der Waals surface area contributed by atoms with E-state index in [2.05, 4.69) is 10.5 Å². The topological polar surface area (TPSA) is 146 Å². The molecular weight excluding hydrogens is 316 g/mol. The van der Waals surface area contributed by atoms with E-state index in [1.165, 1.54) is 6.07 Å². The van der Waals surface area contributed by atoms with Gasteiger partial charge in [-0.2, -0.15) is 13.5 Å². The monoisotopic (exact) mass is 332 g/mol. The summed E-state index contributed by atoms with van der Waals surface area (Å²) in [5.41, 5.74) is 2.22. The van der Waals surface area contributed by atoms with Crippen LogP contribution in [0.4, 0.5) is 0 Å². The zero-order valence-electron chi connectivity index (χ0n) is 11.6. The summed E-state index contributed by atoms with van der Waals surface area (Å²) in [6.07, 6.45) is 3.05. The Hall–Kier alpha value is -2.20. The zero-order chi connectivity index (χ0) is 16.6. The molecule has 0 saturated carbocycles. The van der Waals surface area contributed by atoms with Gasteiger partial charge in [0.05, 0.1) is 6.21 Å². The molecule has 1 amide bonds. The molecule has 1 aromatic rings. The maximum atomic E-state index is 11.4. The number of hydrogen-bond acceptors (Lipinski definition) is 6. The summed E-state index contributed by atoms with van der Waals surface area (Å²) in [6.45, 7) is 0. The molecule has 0 aliphatic carbocycles. The van der Waals surface area contributed by atoms with E-state index in [-0.39, 0.29) is 24.5 Å². The second-order valence-electron chi connectivity index (χ2n) is 4.38. The number of carboxylic acid groups (broad SMARTS) is 1. The van der Waals surface area contributed by atoms with Crippen LogP contribution in [-0.4, -0.2) is 36.2 Å². The molecule has 0 radical (unpaired) electrons. The van der Waals surface area contributed by atoms with E-state index in [0.29, 0.717) is 19.3 Å². The van der Waals surface area contributed by atoms with Crippen molar-refractivity contribution in [3.8, 4) is 0 Å². The fourth-order valence-electron chi connectivity index (χ4n) is 1.50. The lowest BCUT2D eigenvalue weighted by molar-refractivity contribution is -0.137. The largest absolute Gasteiger partial charge is 0.481 e. The SMILES string of the molecule is O=C(O)CCCCCC(=O)N/N=C/c1ccc(S(=O)(=O)O)o1. The van der Waals surface area contributed by atoms with Crippen LogP contribution < -0.4 is 5.43 Å². The minimum absolute atomic E-state index is 0.0504. The van der Waals surface area contributed by atoms with E-state index in [0.717, 1.165) is 12.3 Å². The van der Waals surface area contributed by atoms with Crippen LogP contribution in [0.3, 0.4) is 0 Å². The van der Waals surface area contributed by atoms with Crippen molar-refractivity contribution in [2.75, 3.05) is 0 Å². The molecule has 1 rings (SSSR count). The Bertz CT molecular complexity index is 648. The molecule has 22 heavy (non-hydrogen) atoms. The van der Waals surface area contributed by atoms with E-state index in [1.807, 2.05) is 0 Å². The first-order valence-corrected chi connectivity index (χ1v) is 7.84. The molecule has 10 heteroatoms. The van der Waals surface area contributed by atoms with E-state index in [1.54, 1.807) is 0 Å². The summed E-state index contributed by atoms with van der Waals surface area (Å²) in [5.74, 6) is -1.17. The molecule has 0 saturated heterocycles. The van der Waals surface area contributed by atoms with Gasteiger partial charge in [0, 0.05) is 12.8 Å². The second-order valence-corrected chi connectivity index (χ2v) is 5.73. The van der Waals surface area contributed by atoms with Crippen LogP contribution in [-0.2, 0) is 19.7 Å². The van der Waals surface area contributed by atoms with E-state index in [9.17, 15) is 18.0 Å². The van der Waals surface area contributed by atoms with Gasteiger partial charge in [0.1, 0.15) is 5.76 Å². The minimum atomic E-state index is -4.40. The number of carbonyl (C=O) groups excluding carboxylic acids is 1. The van der Waals surface area contributed by atoms with Crippen molar-refractivity contribution in [2.24, 2.45) is 5.10 Å². The lowest BCUT2D eigenvalue weighted by Crippen LogP contribution is -2.16. The third-order valence-electron chi connectivity index (χ3n) is 2.53. The molecule has 1 heterocycles. The van der Waals surface area contributed by atoms with Crippen LogP contribution in [0.1, 0.15) is 37.9 Å². The van der Waals surface area contributed by atoms with Gasteiger partial charge in [-0.25, -0.2) is 5.43 Å². The van der Waals surface area contributed by atoms with Gasteiger partial charge in [0.2, 0.25) is 11.0 Å². The summed E-state index contributed by atoms with van der Waals surface area (Å²) < 4.78 is 35.0. The van der Waals surface area contributed by atoms with Crippen molar-refractivity contribution in [2.45, 2.75) is 37.2 Å². The van der Waals surface area contributed by atoms with Gasteiger partial charge in [-0.3, -0.25) is 14.1 Å². The first kappa shape index (κ1) is 17.9. The fourth-order valence-corrected chi connectivity index (χ4v) is 1.95. The molecule has 1 aromatic heterocycles. The molecule has 122 valence electrons.